The van der Waals surface area contributed by atoms with Crippen molar-refractivity contribution in [3.05, 3.63) is 64.8 Å². The van der Waals surface area contributed by atoms with E-state index in [0.29, 0.717) is 22.0 Å². The number of hydrogen-bond donors (Lipinski definition) is 2. The van der Waals surface area contributed by atoms with Crippen LogP contribution < -0.4 is 15.4 Å². The van der Waals surface area contributed by atoms with Crippen LogP contribution in [0.15, 0.2) is 48.5 Å². The van der Waals surface area contributed by atoms with Gasteiger partial charge in [-0.25, -0.2) is 0 Å². The summed E-state index contributed by atoms with van der Waals surface area (Å²) in [7, 11) is 0. The summed E-state index contributed by atoms with van der Waals surface area (Å²) >= 11 is 6.82. The molecule has 0 unspecified atom stereocenters. The van der Waals surface area contributed by atoms with E-state index in [2.05, 4.69) is 20.2 Å². The van der Waals surface area contributed by atoms with Gasteiger partial charge in [0.15, 0.2) is 5.69 Å². The predicted molar refractivity (Wildman–Crippen MR) is 109 cm³/mol. The first-order valence-electron chi connectivity index (χ1n) is 8.39. The molecule has 3 rings (SSSR count). The number of amides is 2. The topological polar surface area (TPSA) is 93.2 Å². The highest BCUT2D eigenvalue weighted by Gasteiger charge is 2.19. The van der Waals surface area contributed by atoms with E-state index in [-0.39, 0.29) is 16.8 Å². The van der Waals surface area contributed by atoms with Crippen LogP contribution in [0.25, 0.3) is 0 Å². The number of carbonyl (C=O) groups excluding carboxylic acids is 2. The summed E-state index contributed by atoms with van der Waals surface area (Å²) in [5.74, 6) is -0.178. The van der Waals surface area contributed by atoms with Crippen LogP contribution in [0.1, 0.15) is 34.7 Å². The fourth-order valence-corrected chi connectivity index (χ4v) is 3.06. The molecule has 0 aliphatic carbocycles. The van der Waals surface area contributed by atoms with Crippen molar-refractivity contribution in [2.45, 2.75) is 20.0 Å². The van der Waals surface area contributed by atoms with E-state index < -0.39 is 11.8 Å². The Morgan fingerprint density at radius 3 is 2.50 bits per heavy atom. The van der Waals surface area contributed by atoms with Crippen LogP contribution in [-0.2, 0) is 0 Å². The van der Waals surface area contributed by atoms with Gasteiger partial charge in [0.1, 0.15) is 10.8 Å². The quantitative estimate of drug-likeness (QED) is 0.617. The molecule has 2 N–H and O–H groups in total. The second-order valence-corrected chi connectivity index (χ2v) is 7.25. The number of halogens is 1. The summed E-state index contributed by atoms with van der Waals surface area (Å²) in [6.45, 7) is 3.87. The molecule has 0 aliphatic rings. The molecule has 2 aromatic carbocycles. The molecule has 0 saturated heterocycles. The second kappa shape index (κ2) is 8.81. The Morgan fingerprint density at radius 2 is 1.82 bits per heavy atom. The Labute approximate surface area is 170 Å². The first-order chi connectivity index (χ1) is 13.4. The van der Waals surface area contributed by atoms with Crippen LogP contribution >= 0.6 is 23.1 Å². The fraction of sp³-hybridized carbons (Fsp3) is 0.158. The Kier molecular flexibility index (Phi) is 6.23. The van der Waals surface area contributed by atoms with E-state index in [1.807, 2.05) is 13.8 Å². The van der Waals surface area contributed by atoms with Gasteiger partial charge in [-0.1, -0.05) is 22.2 Å². The van der Waals surface area contributed by atoms with Gasteiger partial charge < -0.3 is 15.4 Å². The van der Waals surface area contributed by atoms with Crippen molar-refractivity contribution < 1.29 is 14.3 Å². The van der Waals surface area contributed by atoms with E-state index in [1.54, 1.807) is 42.5 Å². The first kappa shape index (κ1) is 19.8. The lowest BCUT2D eigenvalue weighted by Gasteiger charge is -2.10. The number of benzene rings is 2. The van der Waals surface area contributed by atoms with Gasteiger partial charge in [0.05, 0.1) is 6.10 Å². The van der Waals surface area contributed by atoms with E-state index in [9.17, 15) is 9.59 Å². The van der Waals surface area contributed by atoms with Gasteiger partial charge in [-0.3, -0.25) is 9.59 Å². The summed E-state index contributed by atoms with van der Waals surface area (Å²) in [6, 6.07) is 13.5. The van der Waals surface area contributed by atoms with Gasteiger partial charge in [-0.05, 0) is 56.3 Å². The third kappa shape index (κ3) is 5.05. The molecule has 28 heavy (non-hydrogen) atoms. The number of carbonyl (C=O) groups is 2. The molecule has 144 valence electrons. The molecule has 0 aliphatic heterocycles. The molecule has 7 nitrogen and oxygen atoms in total. The average molecular weight is 417 g/mol. The van der Waals surface area contributed by atoms with Crippen molar-refractivity contribution in [1.82, 2.24) is 9.59 Å². The molecule has 2 amide bonds. The lowest BCUT2D eigenvalue weighted by Crippen LogP contribution is -2.17. The Bertz CT molecular complexity index is 989. The van der Waals surface area contributed by atoms with Crippen molar-refractivity contribution in [2.75, 3.05) is 10.6 Å². The monoisotopic (exact) mass is 416 g/mol. The number of nitrogens with zero attached hydrogens (tertiary/aromatic N) is 2. The minimum Gasteiger partial charge on any atom is -0.491 e. The third-order valence-electron chi connectivity index (χ3n) is 3.50. The molecular formula is C19H17ClN4O3S. The number of anilines is 2. The molecule has 0 bridgehead atoms. The number of hydrogen-bond acceptors (Lipinski definition) is 6. The maximum Gasteiger partial charge on any atom is 0.279 e. The molecule has 0 spiro atoms. The third-order valence-corrected chi connectivity index (χ3v) is 4.38. The lowest BCUT2D eigenvalue weighted by atomic mass is 10.2. The second-order valence-electron chi connectivity index (χ2n) is 6.06. The molecular weight excluding hydrogens is 400 g/mol. The van der Waals surface area contributed by atoms with E-state index in [1.165, 1.54) is 6.07 Å². The maximum atomic E-state index is 12.5. The molecule has 3 aromatic rings. The standard InChI is InChI=1S/C19H17ClN4O3S/c1-11(2)27-15-8-6-14(7-9-15)21-18(26)16-19(28-24-23-16)22-17(25)12-4-3-5-13(20)10-12/h3-11H,1-2H3,(H,21,26)(H,22,25). The van der Waals surface area contributed by atoms with Crippen LogP contribution in [0.5, 0.6) is 5.75 Å². The largest absolute Gasteiger partial charge is 0.491 e. The summed E-state index contributed by atoms with van der Waals surface area (Å²) in [6.07, 6.45) is 0.0622. The number of aromatic nitrogens is 2. The van der Waals surface area contributed by atoms with Crippen LogP contribution in [0.3, 0.4) is 0 Å². The number of ether oxygens (including phenoxy) is 1. The minimum atomic E-state index is -0.479. The predicted octanol–water partition coefficient (Wildman–Crippen LogP) is 4.48. The van der Waals surface area contributed by atoms with Crippen LogP contribution in [-0.4, -0.2) is 27.5 Å². The minimum absolute atomic E-state index is 0.0304. The molecule has 0 atom stereocenters. The van der Waals surface area contributed by atoms with Gasteiger partial charge in [-0.2, -0.15) is 0 Å². The van der Waals surface area contributed by atoms with Crippen molar-refractivity contribution in [1.29, 1.82) is 0 Å². The lowest BCUT2D eigenvalue weighted by molar-refractivity contribution is 0.102. The zero-order valence-electron chi connectivity index (χ0n) is 15.1. The smallest absolute Gasteiger partial charge is 0.279 e. The van der Waals surface area contributed by atoms with Crippen molar-refractivity contribution in [3.8, 4) is 5.75 Å². The van der Waals surface area contributed by atoms with Crippen LogP contribution in [0, 0.1) is 0 Å². The Balaban J connectivity index is 1.68. The fourth-order valence-electron chi connectivity index (χ4n) is 2.31. The highest BCUT2D eigenvalue weighted by molar-refractivity contribution is 7.10. The Hall–Kier alpha value is -2.97. The van der Waals surface area contributed by atoms with E-state index in [4.69, 9.17) is 16.3 Å². The molecule has 1 aromatic heterocycles. The van der Waals surface area contributed by atoms with Crippen molar-refractivity contribution >= 4 is 45.6 Å². The summed E-state index contributed by atoms with van der Waals surface area (Å²) in [5, 5.41) is 9.89. The number of nitrogens with one attached hydrogen (secondary N) is 2. The zero-order chi connectivity index (χ0) is 20.1. The van der Waals surface area contributed by atoms with Crippen molar-refractivity contribution in [2.24, 2.45) is 0 Å². The van der Waals surface area contributed by atoms with E-state index in [0.717, 1.165) is 11.5 Å². The highest BCUT2D eigenvalue weighted by Crippen LogP contribution is 2.22. The van der Waals surface area contributed by atoms with Gasteiger partial charge in [0.2, 0.25) is 0 Å². The Morgan fingerprint density at radius 1 is 1.07 bits per heavy atom. The first-order valence-corrected chi connectivity index (χ1v) is 9.55. The normalized spacial score (nSPS) is 10.6. The SMILES string of the molecule is CC(C)Oc1ccc(NC(=O)c2nnsc2NC(=O)c2cccc(Cl)c2)cc1. The highest BCUT2D eigenvalue weighted by atomic mass is 35.5. The summed E-state index contributed by atoms with van der Waals surface area (Å²) in [4.78, 5) is 24.9. The zero-order valence-corrected chi connectivity index (χ0v) is 16.7. The summed E-state index contributed by atoms with van der Waals surface area (Å²) in [5.41, 5.74) is 0.970. The van der Waals surface area contributed by atoms with Crippen LogP contribution in [0.2, 0.25) is 5.02 Å². The number of rotatable bonds is 6. The molecule has 0 radical (unpaired) electrons. The maximum absolute atomic E-state index is 12.5. The van der Waals surface area contributed by atoms with E-state index >= 15 is 0 Å². The van der Waals surface area contributed by atoms with Gasteiger partial charge in [0.25, 0.3) is 11.8 Å². The molecule has 1 heterocycles. The van der Waals surface area contributed by atoms with Crippen molar-refractivity contribution in [3.63, 3.8) is 0 Å². The molecule has 0 fully saturated rings. The van der Waals surface area contributed by atoms with Gasteiger partial charge in [0, 0.05) is 27.8 Å². The molecule has 9 heteroatoms. The van der Waals surface area contributed by atoms with Gasteiger partial charge in [-0.15, -0.1) is 5.10 Å². The molecule has 0 saturated carbocycles. The summed E-state index contributed by atoms with van der Waals surface area (Å²) < 4.78 is 9.34. The van der Waals surface area contributed by atoms with Crippen LogP contribution in [0.4, 0.5) is 10.7 Å². The average Bonchev–Trinajstić information content (AvgIpc) is 3.11. The van der Waals surface area contributed by atoms with Gasteiger partial charge >= 0.3 is 0 Å².